The smallest absolute Gasteiger partial charge is 0.346 e. The standard InChI is InChI=1S/C11H8F3N3O/c12-10(13,14)11(18)16-15-9-6-5-7-3-1-2-4-8(7)17(9)11/h1-6,16,18H/t11-/m0/s1. The lowest BCUT2D eigenvalue weighted by Crippen LogP contribution is -2.64. The van der Waals surface area contributed by atoms with Crippen LogP contribution in [0.5, 0.6) is 0 Å². The van der Waals surface area contributed by atoms with E-state index in [0.29, 0.717) is 5.56 Å². The molecule has 0 radical (unpaired) electrons. The Balaban J connectivity index is 2.17. The van der Waals surface area contributed by atoms with E-state index in [1.807, 2.05) is 0 Å². The summed E-state index contributed by atoms with van der Waals surface area (Å²) in [7, 11) is 0. The molecule has 0 saturated carbocycles. The summed E-state index contributed by atoms with van der Waals surface area (Å²) < 4.78 is 38.9. The van der Waals surface area contributed by atoms with Crippen molar-refractivity contribution in [3.63, 3.8) is 0 Å². The normalized spacial score (nSPS) is 25.3. The number of amidine groups is 1. The minimum Gasteiger partial charge on any atom is -0.346 e. The Labute approximate surface area is 100 Å². The summed E-state index contributed by atoms with van der Waals surface area (Å²) in [5.74, 6) is -3.18. The lowest BCUT2D eigenvalue weighted by Gasteiger charge is -2.37. The molecule has 0 aromatic heterocycles. The maximum atomic E-state index is 13.0. The predicted molar refractivity (Wildman–Crippen MR) is 59.5 cm³/mol. The van der Waals surface area contributed by atoms with Crippen LogP contribution in [0, 0.1) is 0 Å². The van der Waals surface area contributed by atoms with Gasteiger partial charge in [0.25, 0.3) is 0 Å². The second-order valence-electron chi connectivity index (χ2n) is 3.98. The van der Waals surface area contributed by atoms with E-state index in [9.17, 15) is 18.3 Å². The van der Waals surface area contributed by atoms with Gasteiger partial charge in [0.2, 0.25) is 0 Å². The van der Waals surface area contributed by atoms with Crippen LogP contribution in [0.25, 0.3) is 6.08 Å². The number of anilines is 1. The van der Waals surface area contributed by atoms with Gasteiger partial charge < -0.3 is 5.11 Å². The van der Waals surface area contributed by atoms with Gasteiger partial charge in [-0.2, -0.15) is 18.3 Å². The van der Waals surface area contributed by atoms with Crippen LogP contribution < -0.4 is 10.3 Å². The molecule has 0 saturated heterocycles. The third kappa shape index (κ3) is 1.28. The number of nitrogens with one attached hydrogen (secondary N) is 1. The third-order valence-electron chi connectivity index (χ3n) is 2.86. The number of hydrazone groups is 1. The van der Waals surface area contributed by atoms with E-state index in [4.69, 9.17) is 0 Å². The first-order valence-corrected chi connectivity index (χ1v) is 5.15. The first-order valence-electron chi connectivity index (χ1n) is 5.15. The third-order valence-corrected chi connectivity index (χ3v) is 2.86. The number of rotatable bonds is 0. The van der Waals surface area contributed by atoms with E-state index in [-0.39, 0.29) is 11.5 Å². The van der Waals surface area contributed by atoms with E-state index in [2.05, 4.69) is 5.10 Å². The molecule has 1 atom stereocenters. The van der Waals surface area contributed by atoms with Gasteiger partial charge in [0.05, 0.1) is 5.69 Å². The fourth-order valence-corrected chi connectivity index (χ4v) is 2.00. The number of aliphatic hydroxyl groups is 1. The molecule has 0 aliphatic carbocycles. The molecule has 1 aromatic rings. The molecule has 4 nitrogen and oxygen atoms in total. The summed E-state index contributed by atoms with van der Waals surface area (Å²) in [5, 5.41) is 13.3. The quantitative estimate of drug-likeness (QED) is 0.741. The molecule has 0 bridgehead atoms. The van der Waals surface area contributed by atoms with Crippen molar-refractivity contribution in [3.8, 4) is 0 Å². The SMILES string of the molecule is O[C@@]1(C(F)(F)F)NN=C2C=Cc3ccccc3N21. The largest absolute Gasteiger partial charge is 0.460 e. The van der Waals surface area contributed by atoms with Gasteiger partial charge >= 0.3 is 12.0 Å². The zero-order chi connectivity index (χ0) is 13.0. The molecule has 2 heterocycles. The number of para-hydroxylation sites is 1. The van der Waals surface area contributed by atoms with Crippen molar-refractivity contribution in [2.75, 3.05) is 4.90 Å². The van der Waals surface area contributed by atoms with Gasteiger partial charge in [0.15, 0.2) is 5.84 Å². The number of fused-ring (bicyclic) bond motifs is 3. The van der Waals surface area contributed by atoms with Gasteiger partial charge in [0, 0.05) is 0 Å². The Bertz CT molecular complexity index is 567. The van der Waals surface area contributed by atoms with Crippen molar-refractivity contribution < 1.29 is 18.3 Å². The molecular weight excluding hydrogens is 247 g/mol. The summed E-state index contributed by atoms with van der Waals surface area (Å²) in [6.07, 6.45) is -1.82. The van der Waals surface area contributed by atoms with Crippen LogP contribution in [0.2, 0.25) is 0 Å². The molecule has 2 aliphatic heterocycles. The fourth-order valence-electron chi connectivity index (χ4n) is 2.00. The number of hydrogen-bond donors (Lipinski definition) is 2. The number of halogens is 3. The van der Waals surface area contributed by atoms with E-state index < -0.39 is 12.0 Å². The Hall–Kier alpha value is -2.02. The van der Waals surface area contributed by atoms with Crippen molar-refractivity contribution >= 4 is 17.6 Å². The van der Waals surface area contributed by atoms with Crippen molar-refractivity contribution in [1.29, 1.82) is 0 Å². The molecule has 3 rings (SSSR count). The minimum absolute atomic E-state index is 0.0218. The fraction of sp³-hybridized carbons (Fsp3) is 0.182. The predicted octanol–water partition coefficient (Wildman–Crippen LogP) is 1.64. The number of benzene rings is 1. The molecule has 2 N–H and O–H groups in total. The van der Waals surface area contributed by atoms with Crippen LogP contribution in [0.4, 0.5) is 18.9 Å². The molecule has 0 amide bonds. The zero-order valence-electron chi connectivity index (χ0n) is 8.94. The highest BCUT2D eigenvalue weighted by molar-refractivity contribution is 6.13. The van der Waals surface area contributed by atoms with Crippen LogP contribution in [0.1, 0.15) is 5.56 Å². The Kier molecular flexibility index (Phi) is 2.01. The van der Waals surface area contributed by atoms with Crippen LogP contribution >= 0.6 is 0 Å². The molecule has 1 aromatic carbocycles. The van der Waals surface area contributed by atoms with Crippen LogP contribution in [0.15, 0.2) is 35.4 Å². The van der Waals surface area contributed by atoms with Gasteiger partial charge in [-0.15, -0.1) is 0 Å². The highest BCUT2D eigenvalue weighted by Gasteiger charge is 2.63. The second-order valence-corrected chi connectivity index (χ2v) is 3.98. The van der Waals surface area contributed by atoms with E-state index in [1.54, 1.807) is 29.7 Å². The van der Waals surface area contributed by atoms with Gasteiger partial charge in [-0.25, -0.2) is 0 Å². The van der Waals surface area contributed by atoms with Crippen molar-refractivity contribution in [1.82, 2.24) is 5.43 Å². The molecule has 0 unspecified atom stereocenters. The molecular formula is C11H8F3N3O. The molecule has 0 fully saturated rings. The van der Waals surface area contributed by atoms with E-state index in [0.717, 1.165) is 4.90 Å². The van der Waals surface area contributed by atoms with Gasteiger partial charge in [-0.05, 0) is 23.8 Å². The summed E-state index contributed by atoms with van der Waals surface area (Å²) >= 11 is 0. The van der Waals surface area contributed by atoms with Crippen molar-refractivity contribution in [3.05, 3.63) is 35.9 Å². The second kappa shape index (κ2) is 3.26. The lowest BCUT2D eigenvalue weighted by atomic mass is 10.1. The summed E-state index contributed by atoms with van der Waals surface area (Å²) in [5.41, 5.74) is 2.59. The number of alkyl halides is 3. The van der Waals surface area contributed by atoms with Crippen LogP contribution in [-0.4, -0.2) is 23.0 Å². The average molecular weight is 255 g/mol. The Morgan fingerprint density at radius 2 is 1.94 bits per heavy atom. The van der Waals surface area contributed by atoms with Crippen LogP contribution in [0.3, 0.4) is 0 Å². The Morgan fingerprint density at radius 3 is 2.67 bits per heavy atom. The molecule has 94 valence electrons. The maximum absolute atomic E-state index is 13.0. The molecule has 2 aliphatic rings. The maximum Gasteiger partial charge on any atom is 0.460 e. The summed E-state index contributed by atoms with van der Waals surface area (Å²) in [4.78, 5) is 0.738. The van der Waals surface area contributed by atoms with E-state index in [1.165, 1.54) is 12.1 Å². The van der Waals surface area contributed by atoms with Gasteiger partial charge in [-0.1, -0.05) is 18.2 Å². The molecule has 7 heteroatoms. The minimum atomic E-state index is -4.88. The lowest BCUT2D eigenvalue weighted by molar-refractivity contribution is -0.264. The van der Waals surface area contributed by atoms with Gasteiger partial charge in [-0.3, -0.25) is 10.3 Å². The van der Waals surface area contributed by atoms with E-state index >= 15 is 0 Å². The highest BCUT2D eigenvalue weighted by atomic mass is 19.4. The Morgan fingerprint density at radius 1 is 1.22 bits per heavy atom. The monoisotopic (exact) mass is 255 g/mol. The average Bonchev–Trinajstić information content (AvgIpc) is 2.68. The molecule has 0 spiro atoms. The summed E-state index contributed by atoms with van der Waals surface area (Å²) in [6, 6.07) is 6.47. The van der Waals surface area contributed by atoms with Crippen molar-refractivity contribution in [2.45, 2.75) is 12.0 Å². The first-order chi connectivity index (χ1) is 8.43. The zero-order valence-corrected chi connectivity index (χ0v) is 8.94. The highest BCUT2D eigenvalue weighted by Crippen LogP contribution is 2.40. The van der Waals surface area contributed by atoms with Crippen LogP contribution in [-0.2, 0) is 0 Å². The van der Waals surface area contributed by atoms with Gasteiger partial charge in [0.1, 0.15) is 0 Å². The topological polar surface area (TPSA) is 47.9 Å². The number of nitrogens with zero attached hydrogens (tertiary/aromatic N) is 2. The van der Waals surface area contributed by atoms with Crippen molar-refractivity contribution in [2.24, 2.45) is 5.10 Å². The summed E-state index contributed by atoms with van der Waals surface area (Å²) in [6.45, 7) is 0. The first kappa shape index (κ1) is 11.1. The molecule has 18 heavy (non-hydrogen) atoms. The number of hydrogen-bond acceptors (Lipinski definition) is 4.